The molecule has 34 heavy (non-hydrogen) atoms. The molecule has 5 rings (SSSR count). The van der Waals surface area contributed by atoms with E-state index in [0.29, 0.717) is 22.7 Å². The maximum atomic E-state index is 13.7. The molecule has 0 fully saturated rings. The van der Waals surface area contributed by atoms with Crippen LogP contribution in [-0.2, 0) is 17.8 Å². The lowest BCUT2D eigenvalue weighted by Crippen LogP contribution is -2.46. The van der Waals surface area contributed by atoms with Crippen LogP contribution in [0.3, 0.4) is 0 Å². The summed E-state index contributed by atoms with van der Waals surface area (Å²) in [4.78, 5) is 33.1. The number of hydrogen-bond acceptors (Lipinski definition) is 3. The molecule has 4 aromatic rings. The lowest BCUT2D eigenvalue weighted by Gasteiger charge is -2.29. The number of hydrogen-bond donors (Lipinski definition) is 1. The number of rotatable bonds is 5. The number of halogens is 1. The third-order valence-corrected chi connectivity index (χ3v) is 6.16. The van der Waals surface area contributed by atoms with Crippen molar-refractivity contribution >= 4 is 29.1 Å². The van der Waals surface area contributed by atoms with Crippen LogP contribution in [0.4, 0.5) is 5.69 Å². The number of carbonyl (C=O) groups is 2. The van der Waals surface area contributed by atoms with Crippen LogP contribution in [0.15, 0.2) is 97.2 Å². The molecule has 1 N–H and O–H groups in total. The molecular formula is C28H22ClN3O2. The van der Waals surface area contributed by atoms with Gasteiger partial charge in [0.2, 0.25) is 5.91 Å². The molecule has 0 spiro atoms. The molecule has 1 aliphatic rings. The maximum absolute atomic E-state index is 13.7. The van der Waals surface area contributed by atoms with Gasteiger partial charge in [0.1, 0.15) is 6.04 Å². The number of anilines is 1. The van der Waals surface area contributed by atoms with Crippen molar-refractivity contribution in [3.8, 4) is 11.1 Å². The number of fused-ring (bicyclic) bond motifs is 1. The lowest BCUT2D eigenvalue weighted by molar-refractivity contribution is -0.120. The fourth-order valence-electron chi connectivity index (χ4n) is 4.24. The van der Waals surface area contributed by atoms with Crippen LogP contribution < -0.4 is 5.32 Å². The van der Waals surface area contributed by atoms with E-state index >= 15 is 0 Å². The largest absolute Gasteiger partial charge is 0.323 e. The zero-order valence-corrected chi connectivity index (χ0v) is 19.1. The Balaban J connectivity index is 1.54. The van der Waals surface area contributed by atoms with Crippen molar-refractivity contribution in [2.45, 2.75) is 19.0 Å². The third kappa shape index (κ3) is 4.56. The van der Waals surface area contributed by atoms with Crippen LogP contribution in [0.25, 0.3) is 11.1 Å². The number of nitrogens with one attached hydrogen (secondary N) is 1. The number of amides is 2. The first-order valence-electron chi connectivity index (χ1n) is 11.0. The molecule has 168 valence electrons. The van der Waals surface area contributed by atoms with Crippen molar-refractivity contribution in [2.24, 2.45) is 0 Å². The van der Waals surface area contributed by atoms with E-state index in [2.05, 4.69) is 16.4 Å². The van der Waals surface area contributed by atoms with E-state index < -0.39 is 6.04 Å². The Morgan fingerprint density at radius 3 is 2.44 bits per heavy atom. The zero-order chi connectivity index (χ0) is 23.5. The maximum Gasteiger partial charge on any atom is 0.256 e. The van der Waals surface area contributed by atoms with E-state index in [-0.39, 0.29) is 18.4 Å². The first-order chi connectivity index (χ1) is 16.6. The Hall–Kier alpha value is -3.96. The van der Waals surface area contributed by atoms with Crippen molar-refractivity contribution in [2.75, 3.05) is 5.32 Å². The number of carbonyl (C=O) groups excluding carboxylic acids is 2. The molecule has 0 saturated heterocycles. The summed E-state index contributed by atoms with van der Waals surface area (Å²) in [6, 6.07) is 27.9. The molecule has 1 atom stereocenters. The van der Waals surface area contributed by atoms with E-state index in [4.69, 9.17) is 11.6 Å². The smallest absolute Gasteiger partial charge is 0.256 e. The number of pyridine rings is 1. The van der Waals surface area contributed by atoms with Gasteiger partial charge in [-0.05, 0) is 53.1 Å². The first kappa shape index (κ1) is 21.9. The highest BCUT2D eigenvalue weighted by Gasteiger charge is 2.36. The summed E-state index contributed by atoms with van der Waals surface area (Å²) in [5, 5.41) is 3.36. The molecule has 5 nitrogen and oxygen atoms in total. The predicted molar refractivity (Wildman–Crippen MR) is 134 cm³/mol. The SMILES string of the molecule is O=C1Nc2cc(Cl)ccc2C(=O)N(Cc2cccc(-c3ccccc3)c2)C1Cc1ccccn1. The van der Waals surface area contributed by atoms with Gasteiger partial charge in [0.15, 0.2) is 0 Å². The highest BCUT2D eigenvalue weighted by molar-refractivity contribution is 6.31. The Labute approximate surface area is 203 Å². The molecule has 0 bridgehead atoms. The summed E-state index contributed by atoms with van der Waals surface area (Å²) in [6.45, 7) is 0.284. The van der Waals surface area contributed by atoms with Crippen LogP contribution in [0.1, 0.15) is 21.6 Å². The highest BCUT2D eigenvalue weighted by Crippen LogP contribution is 2.29. The van der Waals surface area contributed by atoms with Crippen molar-refractivity contribution < 1.29 is 9.59 Å². The molecule has 1 aromatic heterocycles. The van der Waals surface area contributed by atoms with Gasteiger partial charge in [0, 0.05) is 29.9 Å². The fourth-order valence-corrected chi connectivity index (χ4v) is 4.41. The molecule has 6 heteroatoms. The Morgan fingerprint density at radius 2 is 1.65 bits per heavy atom. The van der Waals surface area contributed by atoms with Crippen LogP contribution in [0.5, 0.6) is 0 Å². The number of aromatic nitrogens is 1. The van der Waals surface area contributed by atoms with Crippen LogP contribution in [0, 0.1) is 0 Å². The van der Waals surface area contributed by atoms with Crippen molar-refractivity contribution in [3.05, 3.63) is 119 Å². The monoisotopic (exact) mass is 467 g/mol. The average Bonchev–Trinajstić information content (AvgIpc) is 2.95. The summed E-state index contributed by atoms with van der Waals surface area (Å²) in [5.74, 6) is -0.490. The van der Waals surface area contributed by atoms with Crippen molar-refractivity contribution in [1.82, 2.24) is 9.88 Å². The van der Waals surface area contributed by atoms with Gasteiger partial charge < -0.3 is 10.2 Å². The van der Waals surface area contributed by atoms with E-state index in [0.717, 1.165) is 22.4 Å². The highest BCUT2D eigenvalue weighted by atomic mass is 35.5. The molecule has 2 amide bonds. The standard InChI is InChI=1S/C28H22ClN3O2/c29-22-12-13-24-25(16-22)31-27(33)26(17-23-11-4-5-14-30-23)32(28(24)34)18-19-7-6-10-21(15-19)20-8-2-1-3-9-20/h1-16,26H,17-18H2,(H,31,33). The van der Waals surface area contributed by atoms with E-state index in [1.807, 2.05) is 66.7 Å². The van der Waals surface area contributed by atoms with Gasteiger partial charge >= 0.3 is 0 Å². The second kappa shape index (κ2) is 9.49. The fraction of sp³-hybridized carbons (Fsp3) is 0.107. The molecule has 0 radical (unpaired) electrons. The van der Waals surface area contributed by atoms with Gasteiger partial charge in [-0.1, -0.05) is 66.2 Å². The Morgan fingerprint density at radius 1 is 0.853 bits per heavy atom. The van der Waals surface area contributed by atoms with Crippen LogP contribution in [0.2, 0.25) is 5.02 Å². The van der Waals surface area contributed by atoms with Crippen LogP contribution >= 0.6 is 11.6 Å². The second-order valence-corrected chi connectivity index (χ2v) is 8.66. The zero-order valence-electron chi connectivity index (χ0n) is 18.3. The molecule has 2 heterocycles. The van der Waals surface area contributed by atoms with E-state index in [1.165, 1.54) is 0 Å². The summed E-state index contributed by atoms with van der Waals surface area (Å²) in [6.07, 6.45) is 1.99. The minimum absolute atomic E-state index is 0.226. The van der Waals surface area contributed by atoms with Gasteiger partial charge in [-0.3, -0.25) is 14.6 Å². The topological polar surface area (TPSA) is 62.3 Å². The number of nitrogens with zero attached hydrogens (tertiary/aromatic N) is 2. The van der Waals surface area contributed by atoms with Gasteiger partial charge in [-0.2, -0.15) is 0 Å². The predicted octanol–water partition coefficient (Wildman–Crippen LogP) is 5.61. The van der Waals surface area contributed by atoms with E-state index in [9.17, 15) is 9.59 Å². The Kier molecular flexibility index (Phi) is 6.11. The summed E-state index contributed by atoms with van der Waals surface area (Å²) in [5.41, 5.74) is 4.66. The molecular weight excluding hydrogens is 446 g/mol. The quantitative estimate of drug-likeness (QED) is 0.415. The van der Waals surface area contributed by atoms with Gasteiger partial charge in [-0.25, -0.2) is 0 Å². The average molecular weight is 468 g/mol. The summed E-state index contributed by atoms with van der Waals surface area (Å²) < 4.78 is 0. The summed E-state index contributed by atoms with van der Waals surface area (Å²) in [7, 11) is 0. The second-order valence-electron chi connectivity index (χ2n) is 8.22. The van der Waals surface area contributed by atoms with Crippen molar-refractivity contribution in [3.63, 3.8) is 0 Å². The Bertz CT molecular complexity index is 1340. The molecule has 1 aliphatic heterocycles. The summed E-state index contributed by atoms with van der Waals surface area (Å²) >= 11 is 6.15. The molecule has 0 aliphatic carbocycles. The molecule has 1 unspecified atom stereocenters. The van der Waals surface area contributed by atoms with Crippen LogP contribution in [-0.4, -0.2) is 27.7 Å². The van der Waals surface area contributed by atoms with Gasteiger partial charge in [-0.15, -0.1) is 0 Å². The van der Waals surface area contributed by atoms with Crippen molar-refractivity contribution in [1.29, 1.82) is 0 Å². The normalized spacial score (nSPS) is 15.4. The third-order valence-electron chi connectivity index (χ3n) is 5.93. The minimum atomic E-state index is -0.728. The first-order valence-corrected chi connectivity index (χ1v) is 11.4. The molecule has 0 saturated carbocycles. The van der Waals surface area contributed by atoms with Gasteiger partial charge in [0.05, 0.1) is 11.3 Å². The molecule has 3 aromatic carbocycles. The minimum Gasteiger partial charge on any atom is -0.323 e. The number of benzene rings is 3. The van der Waals surface area contributed by atoms with E-state index in [1.54, 1.807) is 29.3 Å². The van der Waals surface area contributed by atoms with Gasteiger partial charge in [0.25, 0.3) is 5.91 Å². The lowest BCUT2D eigenvalue weighted by atomic mass is 10.0.